The van der Waals surface area contributed by atoms with Gasteiger partial charge in [0.2, 0.25) is 0 Å². The van der Waals surface area contributed by atoms with Crippen molar-refractivity contribution in [1.29, 1.82) is 0 Å². The molecule has 0 heterocycles. The van der Waals surface area contributed by atoms with Gasteiger partial charge in [0.1, 0.15) is 5.75 Å². The highest BCUT2D eigenvalue weighted by Gasteiger charge is 2.16. The van der Waals surface area contributed by atoms with Gasteiger partial charge < -0.3 is 15.4 Å². The first-order valence-electron chi connectivity index (χ1n) is 6.56. The third-order valence-electron chi connectivity index (χ3n) is 2.71. The molecule has 0 aliphatic carbocycles. The summed E-state index contributed by atoms with van der Waals surface area (Å²) in [5.41, 5.74) is 0. The summed E-state index contributed by atoms with van der Waals surface area (Å²) in [6, 6.07) is 3.31. The molecule has 0 bridgehead atoms. The van der Waals surface area contributed by atoms with E-state index < -0.39 is 17.7 Å². The zero-order valence-electron chi connectivity index (χ0n) is 11.9. The summed E-state index contributed by atoms with van der Waals surface area (Å²) in [6.07, 6.45) is -0.784. The van der Waals surface area contributed by atoms with E-state index in [9.17, 15) is 13.6 Å². The Labute approximate surface area is 117 Å². The van der Waals surface area contributed by atoms with Gasteiger partial charge in [-0.2, -0.15) is 0 Å². The Balaban J connectivity index is 2.46. The maximum atomic E-state index is 13.0. The van der Waals surface area contributed by atoms with E-state index in [-0.39, 0.29) is 17.7 Å². The molecule has 20 heavy (non-hydrogen) atoms. The largest absolute Gasteiger partial charge is 0.481 e. The number of hydrogen-bond donors (Lipinski definition) is 2. The average molecular weight is 286 g/mol. The van der Waals surface area contributed by atoms with Gasteiger partial charge >= 0.3 is 0 Å². The minimum Gasteiger partial charge on any atom is -0.481 e. The summed E-state index contributed by atoms with van der Waals surface area (Å²) in [6.45, 7) is 6.77. The number of likely N-dealkylation sites (N-methyl/N-ethyl adjacent to an activating group) is 1. The molecule has 1 aromatic carbocycles. The van der Waals surface area contributed by atoms with E-state index in [1.807, 2.05) is 13.8 Å². The third-order valence-corrected chi connectivity index (χ3v) is 2.71. The number of ether oxygens (including phenoxy) is 1. The molecule has 0 fully saturated rings. The van der Waals surface area contributed by atoms with Crippen LogP contribution in [0.4, 0.5) is 8.78 Å². The molecule has 0 aliphatic rings. The fourth-order valence-corrected chi connectivity index (χ4v) is 1.63. The molecule has 0 saturated carbocycles. The van der Waals surface area contributed by atoms with E-state index >= 15 is 0 Å². The molecule has 0 aliphatic heterocycles. The molecular weight excluding hydrogens is 266 g/mol. The minimum atomic E-state index is -1.00. The Hall–Kier alpha value is -1.69. The summed E-state index contributed by atoms with van der Waals surface area (Å²) < 4.78 is 31.0. The highest BCUT2D eigenvalue weighted by molar-refractivity contribution is 5.80. The van der Waals surface area contributed by atoms with Crippen LogP contribution >= 0.6 is 0 Å². The van der Waals surface area contributed by atoms with Crippen LogP contribution in [0.3, 0.4) is 0 Å². The van der Waals surface area contributed by atoms with Crippen LogP contribution in [0.15, 0.2) is 18.2 Å². The summed E-state index contributed by atoms with van der Waals surface area (Å²) in [5.74, 6) is -2.14. The van der Waals surface area contributed by atoms with Crippen molar-refractivity contribution in [3.63, 3.8) is 0 Å². The molecule has 1 unspecified atom stereocenters. The lowest BCUT2D eigenvalue weighted by molar-refractivity contribution is -0.127. The van der Waals surface area contributed by atoms with E-state index in [2.05, 4.69) is 10.6 Å². The molecule has 0 spiro atoms. The maximum Gasteiger partial charge on any atom is 0.260 e. The minimum absolute atomic E-state index is 0.117. The smallest absolute Gasteiger partial charge is 0.260 e. The van der Waals surface area contributed by atoms with Gasteiger partial charge in [0.05, 0.1) is 0 Å². The normalized spacial score (nSPS) is 13.7. The number of carbonyl (C=O) groups is 1. The van der Waals surface area contributed by atoms with E-state index in [0.29, 0.717) is 6.54 Å². The van der Waals surface area contributed by atoms with Gasteiger partial charge in [-0.3, -0.25) is 4.79 Å². The molecule has 112 valence electrons. The summed E-state index contributed by atoms with van der Waals surface area (Å²) in [4.78, 5) is 11.8. The molecule has 2 atom stereocenters. The quantitative estimate of drug-likeness (QED) is 0.804. The predicted octanol–water partition coefficient (Wildman–Crippen LogP) is 1.85. The summed E-state index contributed by atoms with van der Waals surface area (Å²) in [7, 11) is 0. The standard InChI is InChI=1S/C14H20F2N2O2/c1-4-17-9(2)8-18-14(19)10(3)20-11-5-6-12(15)13(16)7-11/h5-7,9-10,17H,4,8H2,1-3H3,(H,18,19)/t9-,10?/m1/s1. The fraction of sp³-hybridized carbons (Fsp3) is 0.500. The van der Waals surface area contributed by atoms with Crippen LogP contribution in [0, 0.1) is 11.6 Å². The number of amides is 1. The van der Waals surface area contributed by atoms with Crippen LogP contribution in [-0.4, -0.2) is 31.1 Å². The molecule has 0 radical (unpaired) electrons. The van der Waals surface area contributed by atoms with Gasteiger partial charge in [0.25, 0.3) is 5.91 Å². The van der Waals surface area contributed by atoms with Crippen molar-refractivity contribution in [1.82, 2.24) is 10.6 Å². The van der Waals surface area contributed by atoms with Crippen molar-refractivity contribution in [2.45, 2.75) is 32.9 Å². The molecule has 1 aromatic rings. The molecule has 2 N–H and O–H groups in total. The number of benzene rings is 1. The first-order valence-corrected chi connectivity index (χ1v) is 6.56. The third kappa shape index (κ3) is 5.13. The van der Waals surface area contributed by atoms with Crippen LogP contribution in [0.1, 0.15) is 20.8 Å². The van der Waals surface area contributed by atoms with Crippen molar-refractivity contribution in [3.8, 4) is 5.75 Å². The van der Waals surface area contributed by atoms with E-state index in [1.165, 1.54) is 6.07 Å². The lowest BCUT2D eigenvalue weighted by atomic mass is 10.3. The molecule has 1 amide bonds. The van der Waals surface area contributed by atoms with Gasteiger partial charge in [0, 0.05) is 18.7 Å². The Kier molecular flexibility index (Phi) is 6.38. The molecule has 0 aromatic heterocycles. The SMILES string of the molecule is CCN[C@H](C)CNC(=O)C(C)Oc1ccc(F)c(F)c1. The van der Waals surface area contributed by atoms with Gasteiger partial charge in [-0.05, 0) is 32.5 Å². The number of hydrogen-bond acceptors (Lipinski definition) is 3. The van der Waals surface area contributed by atoms with Crippen molar-refractivity contribution in [3.05, 3.63) is 29.8 Å². The van der Waals surface area contributed by atoms with Crippen LogP contribution in [0.2, 0.25) is 0 Å². The molecule has 4 nitrogen and oxygen atoms in total. The topological polar surface area (TPSA) is 50.4 Å². The van der Waals surface area contributed by atoms with Gasteiger partial charge in [0.15, 0.2) is 17.7 Å². The van der Waals surface area contributed by atoms with Gasteiger partial charge in [-0.15, -0.1) is 0 Å². The lowest BCUT2D eigenvalue weighted by Gasteiger charge is -2.17. The van der Waals surface area contributed by atoms with Gasteiger partial charge in [-0.1, -0.05) is 6.92 Å². The second-order valence-corrected chi connectivity index (χ2v) is 4.54. The Morgan fingerprint density at radius 1 is 1.30 bits per heavy atom. The first-order chi connectivity index (χ1) is 9.43. The van der Waals surface area contributed by atoms with E-state index in [0.717, 1.165) is 18.7 Å². The van der Waals surface area contributed by atoms with Crippen LogP contribution in [-0.2, 0) is 4.79 Å². The Morgan fingerprint density at radius 3 is 2.60 bits per heavy atom. The average Bonchev–Trinajstić information content (AvgIpc) is 2.40. The Morgan fingerprint density at radius 2 is 2.00 bits per heavy atom. The predicted molar refractivity (Wildman–Crippen MR) is 72.6 cm³/mol. The maximum absolute atomic E-state index is 13.0. The van der Waals surface area contributed by atoms with E-state index in [1.54, 1.807) is 6.92 Å². The molecule has 6 heteroatoms. The molecule has 1 rings (SSSR count). The monoisotopic (exact) mass is 286 g/mol. The number of halogens is 2. The summed E-state index contributed by atoms with van der Waals surface area (Å²) in [5, 5.41) is 5.88. The van der Waals surface area contributed by atoms with Gasteiger partial charge in [-0.25, -0.2) is 8.78 Å². The second-order valence-electron chi connectivity index (χ2n) is 4.54. The number of carbonyl (C=O) groups excluding carboxylic acids is 1. The van der Waals surface area contributed by atoms with Crippen molar-refractivity contribution < 1.29 is 18.3 Å². The lowest BCUT2D eigenvalue weighted by Crippen LogP contribution is -2.43. The van der Waals surface area contributed by atoms with Crippen LogP contribution in [0.5, 0.6) is 5.75 Å². The number of rotatable bonds is 7. The summed E-state index contributed by atoms with van der Waals surface area (Å²) >= 11 is 0. The highest BCUT2D eigenvalue weighted by atomic mass is 19.2. The zero-order valence-corrected chi connectivity index (χ0v) is 11.9. The molecular formula is C14H20F2N2O2. The zero-order chi connectivity index (χ0) is 15.1. The first kappa shape index (κ1) is 16.4. The van der Waals surface area contributed by atoms with Crippen LogP contribution in [0.25, 0.3) is 0 Å². The number of nitrogens with one attached hydrogen (secondary N) is 2. The van der Waals surface area contributed by atoms with Crippen molar-refractivity contribution >= 4 is 5.91 Å². The Bertz CT molecular complexity index is 455. The van der Waals surface area contributed by atoms with E-state index in [4.69, 9.17) is 4.74 Å². The van der Waals surface area contributed by atoms with Crippen LogP contribution < -0.4 is 15.4 Å². The second kappa shape index (κ2) is 7.79. The van der Waals surface area contributed by atoms with Crippen molar-refractivity contribution in [2.24, 2.45) is 0 Å². The highest BCUT2D eigenvalue weighted by Crippen LogP contribution is 2.16. The molecule has 0 saturated heterocycles. The fourth-order valence-electron chi connectivity index (χ4n) is 1.63. The van der Waals surface area contributed by atoms with Crippen molar-refractivity contribution in [2.75, 3.05) is 13.1 Å².